The number of aromatic nitrogens is 4. The summed E-state index contributed by atoms with van der Waals surface area (Å²) < 4.78 is 32.8. The van der Waals surface area contributed by atoms with Gasteiger partial charge in [0, 0.05) is 6.42 Å². The van der Waals surface area contributed by atoms with Crippen LogP contribution in [0.3, 0.4) is 0 Å². The lowest BCUT2D eigenvalue weighted by atomic mass is 9.98. The van der Waals surface area contributed by atoms with Crippen LogP contribution in [0.15, 0.2) is 67.0 Å². The molecule has 1 saturated heterocycles. The normalized spacial score (nSPS) is 20.9. The summed E-state index contributed by atoms with van der Waals surface area (Å²) >= 11 is 0. The lowest BCUT2D eigenvalue weighted by Crippen LogP contribution is -2.45. The molecule has 2 N–H and O–H groups in total. The van der Waals surface area contributed by atoms with Gasteiger partial charge in [-0.25, -0.2) is 14.6 Å². The van der Waals surface area contributed by atoms with E-state index < -0.39 is 42.6 Å². The highest BCUT2D eigenvalue weighted by molar-refractivity contribution is 5.90. The van der Waals surface area contributed by atoms with E-state index in [1.165, 1.54) is 10.9 Å². The average molecular weight is 501 g/mol. The first-order valence-corrected chi connectivity index (χ1v) is 11.2. The summed E-state index contributed by atoms with van der Waals surface area (Å²) in [5.41, 5.74) is 4.96. The molecule has 0 radical (unpaired) electrons. The maximum Gasteiger partial charge on any atom is 0.338 e. The summed E-state index contributed by atoms with van der Waals surface area (Å²) in [5.74, 6) is 1.09. The molecule has 10 nitrogen and oxygen atoms in total. The van der Waals surface area contributed by atoms with Crippen LogP contribution in [0.5, 0.6) is 0 Å². The standard InChI is InChI=1S/C26H20FN5O5/c1-2-26(14-35-23(33)16-9-5-3-6-10-16)18(36-24(34)17-11-7-4-8-12-17)13-19(37-26)32-15-29-20-21(28)30-25(27)31-22(20)32/h1,3-12,15,18-19H,13-14H2,(H2,28,30,31)/t18-,19+,26+/m0/s1. The van der Waals surface area contributed by atoms with Gasteiger partial charge in [0.1, 0.15) is 12.8 Å². The Bertz CT molecular complexity index is 1500. The number of ether oxygens (including phenoxy) is 3. The fraction of sp³-hybridized carbons (Fsp3) is 0.192. The van der Waals surface area contributed by atoms with E-state index >= 15 is 0 Å². The molecular formula is C26H20FN5O5. The number of terminal acetylenes is 1. The molecule has 5 rings (SSSR count). The molecule has 4 aromatic rings. The Balaban J connectivity index is 1.47. The van der Waals surface area contributed by atoms with Gasteiger partial charge in [0.05, 0.1) is 17.5 Å². The Labute approximate surface area is 210 Å². The number of hydrogen-bond donors (Lipinski definition) is 1. The van der Waals surface area contributed by atoms with Crippen molar-refractivity contribution in [3.05, 3.63) is 84.2 Å². The molecule has 0 amide bonds. The lowest BCUT2D eigenvalue weighted by molar-refractivity contribution is -0.0967. The molecule has 0 bridgehead atoms. The number of esters is 2. The Morgan fingerprint density at radius 1 is 1.11 bits per heavy atom. The third-order valence-corrected chi connectivity index (χ3v) is 5.94. The topological polar surface area (TPSA) is 131 Å². The second kappa shape index (κ2) is 9.67. The van der Waals surface area contributed by atoms with Crippen molar-refractivity contribution < 1.29 is 28.2 Å². The number of fused-ring (bicyclic) bond motifs is 1. The van der Waals surface area contributed by atoms with Crippen molar-refractivity contribution in [1.82, 2.24) is 19.5 Å². The number of anilines is 1. The zero-order valence-electron chi connectivity index (χ0n) is 19.3. The number of imidazole rings is 1. The number of nitrogens with zero attached hydrogens (tertiary/aromatic N) is 4. The highest BCUT2D eigenvalue weighted by Crippen LogP contribution is 2.40. The molecule has 0 saturated carbocycles. The minimum Gasteiger partial charge on any atom is -0.458 e. The van der Waals surface area contributed by atoms with Crippen LogP contribution >= 0.6 is 0 Å². The largest absolute Gasteiger partial charge is 0.458 e. The quantitative estimate of drug-likeness (QED) is 0.241. The summed E-state index contributed by atoms with van der Waals surface area (Å²) in [5, 5.41) is 0. The molecule has 37 heavy (non-hydrogen) atoms. The van der Waals surface area contributed by atoms with E-state index in [9.17, 15) is 14.0 Å². The first-order chi connectivity index (χ1) is 17.9. The number of carbonyl (C=O) groups is 2. The van der Waals surface area contributed by atoms with E-state index in [2.05, 4.69) is 20.9 Å². The molecule has 1 aliphatic rings. The van der Waals surface area contributed by atoms with Gasteiger partial charge in [-0.3, -0.25) is 4.57 Å². The van der Waals surface area contributed by atoms with Crippen molar-refractivity contribution in [3.63, 3.8) is 0 Å². The van der Waals surface area contributed by atoms with Crippen molar-refractivity contribution in [2.75, 3.05) is 12.3 Å². The second-order valence-electron chi connectivity index (χ2n) is 8.25. The van der Waals surface area contributed by atoms with Gasteiger partial charge in [-0.05, 0) is 24.3 Å². The number of halogens is 1. The smallest absolute Gasteiger partial charge is 0.338 e. The molecule has 3 atom stereocenters. The first-order valence-electron chi connectivity index (χ1n) is 11.2. The molecule has 11 heteroatoms. The summed E-state index contributed by atoms with van der Waals surface area (Å²) in [7, 11) is 0. The third-order valence-electron chi connectivity index (χ3n) is 5.94. The predicted octanol–water partition coefficient (Wildman–Crippen LogP) is 2.92. The van der Waals surface area contributed by atoms with E-state index in [4.69, 9.17) is 26.4 Å². The Morgan fingerprint density at radius 3 is 2.41 bits per heavy atom. The van der Waals surface area contributed by atoms with Crippen molar-refractivity contribution in [2.24, 2.45) is 0 Å². The van der Waals surface area contributed by atoms with Crippen LogP contribution in [0.4, 0.5) is 10.2 Å². The van der Waals surface area contributed by atoms with Gasteiger partial charge in [0.15, 0.2) is 23.1 Å². The van der Waals surface area contributed by atoms with E-state index in [0.717, 1.165) is 0 Å². The number of nitrogen functional groups attached to an aromatic ring is 1. The summed E-state index contributed by atoms with van der Waals surface area (Å²) in [6.07, 6.45) is 4.27. The van der Waals surface area contributed by atoms with Crippen molar-refractivity contribution in [3.8, 4) is 12.3 Å². The molecule has 2 aromatic carbocycles. The van der Waals surface area contributed by atoms with E-state index in [-0.39, 0.29) is 23.4 Å². The molecule has 0 unspecified atom stereocenters. The molecule has 2 aromatic heterocycles. The average Bonchev–Trinajstić information content (AvgIpc) is 3.50. The van der Waals surface area contributed by atoms with Gasteiger partial charge in [0.25, 0.3) is 0 Å². The number of benzene rings is 2. The van der Waals surface area contributed by atoms with Crippen LogP contribution < -0.4 is 5.73 Å². The maximum absolute atomic E-state index is 13.9. The molecule has 0 spiro atoms. The van der Waals surface area contributed by atoms with Crippen LogP contribution in [-0.4, -0.2) is 49.8 Å². The third kappa shape index (κ3) is 4.57. The monoisotopic (exact) mass is 501 g/mol. The van der Waals surface area contributed by atoms with Gasteiger partial charge >= 0.3 is 18.0 Å². The fourth-order valence-corrected chi connectivity index (χ4v) is 4.07. The zero-order valence-corrected chi connectivity index (χ0v) is 19.3. The molecular weight excluding hydrogens is 481 g/mol. The van der Waals surface area contributed by atoms with Crippen molar-refractivity contribution in [2.45, 2.75) is 24.4 Å². The van der Waals surface area contributed by atoms with Gasteiger partial charge in [-0.15, -0.1) is 6.42 Å². The lowest BCUT2D eigenvalue weighted by Gasteiger charge is -2.28. The van der Waals surface area contributed by atoms with Crippen molar-refractivity contribution >= 4 is 28.9 Å². The number of hydrogen-bond acceptors (Lipinski definition) is 9. The van der Waals surface area contributed by atoms with Gasteiger partial charge in [-0.2, -0.15) is 14.4 Å². The molecule has 1 fully saturated rings. The molecule has 3 heterocycles. The molecule has 1 aliphatic heterocycles. The first kappa shape index (κ1) is 23.9. The highest BCUT2D eigenvalue weighted by Gasteiger charge is 2.52. The Morgan fingerprint density at radius 2 is 1.76 bits per heavy atom. The number of nitrogens with two attached hydrogens (primary N) is 1. The molecule has 186 valence electrons. The second-order valence-corrected chi connectivity index (χ2v) is 8.25. The fourth-order valence-electron chi connectivity index (χ4n) is 4.07. The SMILES string of the molecule is C#C[C@]1(COC(=O)c2ccccc2)O[C@@H](n2cnc3c(N)nc(F)nc32)C[C@@H]1OC(=O)c1ccccc1. The molecule has 0 aliphatic carbocycles. The van der Waals surface area contributed by atoms with Crippen molar-refractivity contribution in [1.29, 1.82) is 0 Å². The van der Waals surface area contributed by atoms with Crippen LogP contribution in [0.2, 0.25) is 0 Å². The van der Waals surface area contributed by atoms with E-state index in [0.29, 0.717) is 11.1 Å². The van der Waals surface area contributed by atoms with Crippen LogP contribution in [-0.2, 0) is 14.2 Å². The number of rotatable bonds is 6. The van der Waals surface area contributed by atoms with Gasteiger partial charge in [0.2, 0.25) is 5.60 Å². The zero-order chi connectivity index (χ0) is 26.0. The summed E-state index contributed by atoms with van der Waals surface area (Å²) in [4.78, 5) is 36.9. The van der Waals surface area contributed by atoms with Crippen LogP contribution in [0.1, 0.15) is 33.4 Å². The minimum absolute atomic E-state index is 0.0304. The van der Waals surface area contributed by atoms with E-state index in [1.807, 2.05) is 0 Å². The number of carbonyl (C=O) groups excluding carboxylic acids is 2. The Kier molecular flexibility index (Phi) is 6.25. The maximum atomic E-state index is 13.9. The minimum atomic E-state index is -1.66. The van der Waals surface area contributed by atoms with E-state index in [1.54, 1.807) is 60.7 Å². The highest BCUT2D eigenvalue weighted by atomic mass is 19.1. The summed E-state index contributed by atoms with van der Waals surface area (Å²) in [6.45, 7) is -0.418. The summed E-state index contributed by atoms with van der Waals surface area (Å²) in [6, 6.07) is 16.7. The van der Waals surface area contributed by atoms with Gasteiger partial charge < -0.3 is 19.9 Å². The van der Waals surface area contributed by atoms with Crippen LogP contribution in [0.25, 0.3) is 11.2 Å². The Hall–Kier alpha value is -4.82. The predicted molar refractivity (Wildman–Crippen MR) is 128 cm³/mol. The van der Waals surface area contributed by atoms with Crippen LogP contribution in [0, 0.1) is 18.4 Å². The van der Waals surface area contributed by atoms with Gasteiger partial charge in [-0.1, -0.05) is 42.3 Å².